The van der Waals surface area contributed by atoms with Crippen LogP contribution in [0.2, 0.25) is 0 Å². The molecule has 1 saturated heterocycles. The number of hydrogen-bond donors (Lipinski definition) is 1. The molecule has 0 aromatic rings. The van der Waals surface area contributed by atoms with Gasteiger partial charge in [-0.2, -0.15) is 0 Å². The molecule has 0 spiro atoms. The second-order valence-electron chi connectivity index (χ2n) is 6.81. The van der Waals surface area contributed by atoms with Gasteiger partial charge in [0.25, 0.3) is 0 Å². The Bertz CT molecular complexity index is 388. The van der Waals surface area contributed by atoms with Crippen molar-refractivity contribution in [2.75, 3.05) is 0 Å². The fourth-order valence-electron chi connectivity index (χ4n) is 3.27. The summed E-state index contributed by atoms with van der Waals surface area (Å²) in [5, 5.41) is 3.02. The summed E-state index contributed by atoms with van der Waals surface area (Å²) in [6, 6.07) is -0.272. The monoisotopic (exact) mass is 296 g/mol. The topological polar surface area (TPSA) is 49.4 Å². The predicted octanol–water partition coefficient (Wildman–Crippen LogP) is 2.96. The minimum Gasteiger partial charge on any atom is -0.340 e. The van der Waals surface area contributed by atoms with Crippen molar-refractivity contribution in [2.24, 2.45) is 11.8 Å². The van der Waals surface area contributed by atoms with Gasteiger partial charge in [0.05, 0.1) is 0 Å². The van der Waals surface area contributed by atoms with Crippen LogP contribution in [0.1, 0.15) is 67.7 Å². The van der Waals surface area contributed by atoms with Crippen LogP contribution in [0.5, 0.6) is 0 Å². The van der Waals surface area contributed by atoms with Crippen LogP contribution < -0.4 is 5.32 Å². The Labute approximate surface area is 129 Å². The summed E-state index contributed by atoms with van der Waals surface area (Å²) in [6.07, 6.45) is 2.29. The molecule has 1 N–H and O–H groups in total. The molecule has 0 radical (unpaired) electrons. The van der Waals surface area contributed by atoms with E-state index in [0.29, 0.717) is 18.8 Å². The number of nitrogens with one attached hydrogen (secondary N) is 1. The lowest BCUT2D eigenvalue weighted by atomic mass is 9.82. The highest BCUT2D eigenvalue weighted by Gasteiger charge is 2.51. The van der Waals surface area contributed by atoms with Gasteiger partial charge in [0.1, 0.15) is 11.6 Å². The minimum absolute atomic E-state index is 0.00320. The van der Waals surface area contributed by atoms with Crippen LogP contribution in [0.4, 0.5) is 0 Å². The van der Waals surface area contributed by atoms with E-state index in [0.717, 1.165) is 6.42 Å². The van der Waals surface area contributed by atoms with Gasteiger partial charge in [-0.15, -0.1) is 0 Å². The summed E-state index contributed by atoms with van der Waals surface area (Å²) < 4.78 is 0. The van der Waals surface area contributed by atoms with Gasteiger partial charge < -0.3 is 10.2 Å². The first kappa shape index (κ1) is 18.0. The van der Waals surface area contributed by atoms with Crippen molar-refractivity contribution in [3.8, 4) is 0 Å². The molecule has 3 atom stereocenters. The van der Waals surface area contributed by atoms with Gasteiger partial charge in [0.2, 0.25) is 11.8 Å². The minimum atomic E-state index is -0.718. The average Bonchev–Trinajstić information content (AvgIpc) is 2.46. The number of rotatable bonds is 6. The number of amides is 2. The van der Waals surface area contributed by atoms with Crippen LogP contribution in [0.3, 0.4) is 0 Å². The van der Waals surface area contributed by atoms with E-state index in [9.17, 15) is 9.59 Å². The summed E-state index contributed by atoms with van der Waals surface area (Å²) in [5.41, 5.74) is -0.718. The Balaban J connectivity index is 3.27. The lowest BCUT2D eigenvalue weighted by Crippen LogP contribution is -2.73. The largest absolute Gasteiger partial charge is 0.340 e. The Morgan fingerprint density at radius 2 is 1.62 bits per heavy atom. The lowest BCUT2D eigenvalue weighted by Gasteiger charge is -2.50. The van der Waals surface area contributed by atoms with Gasteiger partial charge in [-0.1, -0.05) is 48.0 Å². The summed E-state index contributed by atoms with van der Waals surface area (Å²) in [7, 11) is 0. The molecule has 0 aliphatic carbocycles. The van der Waals surface area contributed by atoms with Crippen LogP contribution >= 0.6 is 0 Å². The first-order valence-electron chi connectivity index (χ1n) is 8.40. The summed E-state index contributed by atoms with van der Waals surface area (Å²) in [4.78, 5) is 27.7. The number of carbonyl (C=O) groups excluding carboxylic acids is 2. The summed E-state index contributed by atoms with van der Waals surface area (Å²) in [5.74, 6) is 0.599. The first-order valence-corrected chi connectivity index (χ1v) is 8.40. The van der Waals surface area contributed by atoms with Crippen LogP contribution in [-0.4, -0.2) is 34.3 Å². The maximum Gasteiger partial charge on any atom is 0.249 e. The third-order valence-electron chi connectivity index (χ3n) is 5.32. The lowest BCUT2D eigenvalue weighted by molar-refractivity contribution is -0.161. The molecule has 0 saturated carbocycles. The molecule has 1 fully saturated rings. The Morgan fingerprint density at radius 3 is 2.00 bits per heavy atom. The van der Waals surface area contributed by atoms with Gasteiger partial charge >= 0.3 is 0 Å². The Kier molecular flexibility index (Phi) is 5.83. The van der Waals surface area contributed by atoms with E-state index < -0.39 is 5.54 Å². The van der Waals surface area contributed by atoms with Gasteiger partial charge in [-0.25, -0.2) is 0 Å². The standard InChI is InChI=1S/C17H32N2O2/c1-8-12(6)13(7)19-14(11(4)5)15(20)18-17(9-2,10-3)16(19)21/h11-14H,8-10H2,1-7H3,(H,18,20). The molecular weight excluding hydrogens is 264 g/mol. The molecule has 3 unspecified atom stereocenters. The predicted molar refractivity (Wildman–Crippen MR) is 85.8 cm³/mol. The second-order valence-corrected chi connectivity index (χ2v) is 6.81. The summed E-state index contributed by atoms with van der Waals surface area (Å²) >= 11 is 0. The highest BCUT2D eigenvalue weighted by molar-refractivity contribution is 6.00. The maximum absolute atomic E-state index is 13.1. The average molecular weight is 296 g/mol. The van der Waals surface area contributed by atoms with Crippen molar-refractivity contribution in [1.29, 1.82) is 0 Å². The van der Waals surface area contributed by atoms with Crippen LogP contribution in [0.25, 0.3) is 0 Å². The molecule has 1 heterocycles. The van der Waals surface area contributed by atoms with E-state index in [4.69, 9.17) is 0 Å². The van der Waals surface area contributed by atoms with E-state index in [1.54, 1.807) is 0 Å². The van der Waals surface area contributed by atoms with E-state index in [1.807, 2.05) is 32.6 Å². The van der Waals surface area contributed by atoms with Gasteiger partial charge in [-0.05, 0) is 31.6 Å². The van der Waals surface area contributed by atoms with Gasteiger partial charge in [-0.3, -0.25) is 9.59 Å². The van der Waals surface area contributed by atoms with Crippen molar-refractivity contribution in [3.05, 3.63) is 0 Å². The fraction of sp³-hybridized carbons (Fsp3) is 0.882. The van der Waals surface area contributed by atoms with Crippen molar-refractivity contribution < 1.29 is 9.59 Å². The van der Waals surface area contributed by atoms with Crippen LogP contribution in [0, 0.1) is 11.8 Å². The Hall–Kier alpha value is -1.06. The number of piperazine rings is 1. The Morgan fingerprint density at radius 1 is 1.10 bits per heavy atom. The van der Waals surface area contributed by atoms with Gasteiger partial charge in [0.15, 0.2) is 0 Å². The zero-order valence-corrected chi connectivity index (χ0v) is 14.7. The quantitative estimate of drug-likeness (QED) is 0.819. The van der Waals surface area contributed by atoms with E-state index in [-0.39, 0.29) is 29.8 Å². The first-order chi connectivity index (χ1) is 9.75. The van der Waals surface area contributed by atoms with Crippen molar-refractivity contribution in [2.45, 2.75) is 85.4 Å². The highest BCUT2D eigenvalue weighted by Crippen LogP contribution is 2.31. The number of nitrogens with zero attached hydrogens (tertiary/aromatic N) is 1. The molecule has 0 aromatic heterocycles. The SMILES string of the molecule is CCC(C)C(C)N1C(=O)C(CC)(CC)NC(=O)C1C(C)C. The molecule has 1 aliphatic rings. The van der Waals surface area contributed by atoms with E-state index >= 15 is 0 Å². The zero-order valence-electron chi connectivity index (χ0n) is 14.7. The van der Waals surface area contributed by atoms with Gasteiger partial charge in [0, 0.05) is 6.04 Å². The zero-order chi connectivity index (χ0) is 16.4. The normalized spacial score (nSPS) is 25.0. The maximum atomic E-state index is 13.1. The fourth-order valence-corrected chi connectivity index (χ4v) is 3.27. The number of carbonyl (C=O) groups is 2. The van der Waals surface area contributed by atoms with Crippen LogP contribution in [-0.2, 0) is 9.59 Å². The third kappa shape index (κ3) is 3.09. The molecule has 4 nitrogen and oxygen atoms in total. The van der Waals surface area contributed by atoms with Crippen molar-refractivity contribution in [1.82, 2.24) is 10.2 Å². The van der Waals surface area contributed by atoms with Crippen LogP contribution in [0.15, 0.2) is 0 Å². The number of hydrogen-bond acceptors (Lipinski definition) is 2. The second kappa shape index (κ2) is 6.80. The molecule has 21 heavy (non-hydrogen) atoms. The van der Waals surface area contributed by atoms with E-state index in [2.05, 4.69) is 26.1 Å². The highest BCUT2D eigenvalue weighted by atomic mass is 16.2. The molecular formula is C17H32N2O2. The molecule has 0 bridgehead atoms. The molecule has 122 valence electrons. The molecule has 1 rings (SSSR count). The molecule has 2 amide bonds. The van der Waals surface area contributed by atoms with Crippen molar-refractivity contribution >= 4 is 11.8 Å². The van der Waals surface area contributed by atoms with Crippen molar-refractivity contribution in [3.63, 3.8) is 0 Å². The summed E-state index contributed by atoms with van der Waals surface area (Å²) in [6.45, 7) is 14.3. The van der Waals surface area contributed by atoms with E-state index in [1.165, 1.54) is 0 Å². The molecule has 0 aromatic carbocycles. The third-order valence-corrected chi connectivity index (χ3v) is 5.32. The smallest absolute Gasteiger partial charge is 0.249 e. The molecule has 1 aliphatic heterocycles. The molecule has 4 heteroatoms.